The van der Waals surface area contributed by atoms with Crippen LogP contribution < -0.4 is 4.72 Å². The van der Waals surface area contributed by atoms with Gasteiger partial charge in [-0.15, -0.1) is 0 Å². The second-order valence-corrected chi connectivity index (χ2v) is 6.69. The molecular formula is C11H19N3O4S. The predicted octanol–water partition coefficient (Wildman–Crippen LogP) is 0.0562. The Morgan fingerprint density at radius 2 is 2.32 bits per heavy atom. The SMILES string of the molecule is Cc1[nH]nc(CO)c1S(=O)(=O)NC1(C)CCOC1C. The van der Waals surface area contributed by atoms with Gasteiger partial charge >= 0.3 is 0 Å². The van der Waals surface area contributed by atoms with Crippen molar-refractivity contribution in [1.82, 2.24) is 14.9 Å². The molecule has 3 N–H and O–H groups in total. The largest absolute Gasteiger partial charge is 0.390 e. The number of sulfonamides is 1. The Hall–Kier alpha value is -0.960. The average molecular weight is 289 g/mol. The number of hydrogen-bond acceptors (Lipinski definition) is 5. The van der Waals surface area contributed by atoms with Gasteiger partial charge in [0.15, 0.2) is 0 Å². The first-order chi connectivity index (χ1) is 8.80. The standard InChI is InChI=1S/C11H19N3O4S/c1-7-10(9(6-15)13-12-7)19(16,17)14-11(3)4-5-18-8(11)2/h8,14-15H,4-6H2,1-3H3,(H,12,13). The van der Waals surface area contributed by atoms with Gasteiger partial charge in [0, 0.05) is 6.61 Å². The van der Waals surface area contributed by atoms with Gasteiger partial charge in [-0.3, -0.25) is 5.10 Å². The molecule has 0 amide bonds. The van der Waals surface area contributed by atoms with E-state index in [1.807, 2.05) is 13.8 Å². The summed E-state index contributed by atoms with van der Waals surface area (Å²) in [7, 11) is -3.75. The highest BCUT2D eigenvalue weighted by molar-refractivity contribution is 7.89. The van der Waals surface area contributed by atoms with Crippen LogP contribution >= 0.6 is 0 Å². The van der Waals surface area contributed by atoms with Crippen molar-refractivity contribution in [1.29, 1.82) is 0 Å². The lowest BCUT2D eigenvalue weighted by Gasteiger charge is -2.28. The van der Waals surface area contributed by atoms with E-state index in [2.05, 4.69) is 14.9 Å². The molecule has 19 heavy (non-hydrogen) atoms. The van der Waals surface area contributed by atoms with Crippen LogP contribution in [0.25, 0.3) is 0 Å². The molecule has 1 aromatic rings. The fraction of sp³-hybridized carbons (Fsp3) is 0.727. The smallest absolute Gasteiger partial charge is 0.244 e. The number of nitrogens with one attached hydrogen (secondary N) is 2. The van der Waals surface area contributed by atoms with E-state index >= 15 is 0 Å². The summed E-state index contributed by atoms with van der Waals surface area (Å²) in [5, 5.41) is 15.5. The maximum atomic E-state index is 12.5. The third-order valence-electron chi connectivity index (χ3n) is 3.63. The highest BCUT2D eigenvalue weighted by Crippen LogP contribution is 2.28. The Morgan fingerprint density at radius 1 is 1.63 bits per heavy atom. The van der Waals surface area contributed by atoms with Gasteiger partial charge in [0.1, 0.15) is 10.6 Å². The number of rotatable bonds is 4. The van der Waals surface area contributed by atoms with Crippen molar-refractivity contribution in [3.63, 3.8) is 0 Å². The first kappa shape index (κ1) is 14.4. The third-order valence-corrected chi connectivity index (χ3v) is 5.45. The molecule has 0 bridgehead atoms. The zero-order valence-electron chi connectivity index (χ0n) is 11.2. The van der Waals surface area contributed by atoms with Crippen LogP contribution in [0.3, 0.4) is 0 Å². The van der Waals surface area contributed by atoms with E-state index in [1.165, 1.54) is 0 Å². The number of aromatic nitrogens is 2. The molecule has 0 saturated carbocycles. The van der Waals surface area contributed by atoms with Crippen LogP contribution in [0.1, 0.15) is 31.7 Å². The van der Waals surface area contributed by atoms with Crippen molar-refractivity contribution < 1.29 is 18.3 Å². The van der Waals surface area contributed by atoms with Crippen LogP contribution in [0, 0.1) is 6.92 Å². The van der Waals surface area contributed by atoms with Crippen molar-refractivity contribution >= 4 is 10.0 Å². The van der Waals surface area contributed by atoms with Crippen LogP contribution in [0.5, 0.6) is 0 Å². The summed E-state index contributed by atoms with van der Waals surface area (Å²) in [5.74, 6) is 0. The van der Waals surface area contributed by atoms with Gasteiger partial charge in [0.05, 0.1) is 23.9 Å². The Bertz CT molecular complexity index is 568. The van der Waals surface area contributed by atoms with Crippen LogP contribution in [-0.4, -0.2) is 42.0 Å². The zero-order chi connectivity index (χ0) is 14.3. The van der Waals surface area contributed by atoms with Gasteiger partial charge in [-0.2, -0.15) is 5.10 Å². The van der Waals surface area contributed by atoms with Crippen molar-refractivity contribution in [3.05, 3.63) is 11.4 Å². The van der Waals surface area contributed by atoms with Crippen LogP contribution in [0.4, 0.5) is 0 Å². The van der Waals surface area contributed by atoms with E-state index in [0.29, 0.717) is 18.7 Å². The lowest BCUT2D eigenvalue weighted by Crippen LogP contribution is -2.50. The minimum atomic E-state index is -3.75. The molecule has 1 saturated heterocycles. The number of aromatic amines is 1. The Labute approximate surface area is 112 Å². The van der Waals surface area contributed by atoms with E-state index in [0.717, 1.165) is 0 Å². The molecule has 108 valence electrons. The number of aryl methyl sites for hydroxylation is 1. The molecule has 0 aliphatic carbocycles. The fourth-order valence-corrected chi connectivity index (χ4v) is 4.11. The number of H-pyrrole nitrogens is 1. The highest BCUT2D eigenvalue weighted by atomic mass is 32.2. The van der Waals surface area contributed by atoms with Gasteiger partial charge in [0.25, 0.3) is 0 Å². The van der Waals surface area contributed by atoms with Gasteiger partial charge in [-0.25, -0.2) is 13.1 Å². The molecule has 8 heteroatoms. The van der Waals surface area contributed by atoms with Gasteiger partial charge in [-0.1, -0.05) is 0 Å². The molecule has 0 radical (unpaired) electrons. The van der Waals surface area contributed by atoms with E-state index in [-0.39, 0.29) is 16.7 Å². The van der Waals surface area contributed by atoms with Crippen LogP contribution in [-0.2, 0) is 21.4 Å². The van der Waals surface area contributed by atoms with Gasteiger partial charge in [-0.05, 0) is 27.2 Å². The summed E-state index contributed by atoms with van der Waals surface area (Å²) in [5.41, 5.74) is -0.109. The third kappa shape index (κ3) is 2.53. The monoisotopic (exact) mass is 289 g/mol. The summed E-state index contributed by atoms with van der Waals surface area (Å²) in [6.45, 7) is 5.36. The van der Waals surface area contributed by atoms with Crippen molar-refractivity contribution in [2.45, 2.75) is 50.3 Å². The number of ether oxygens (including phenoxy) is 1. The molecule has 2 atom stereocenters. The lowest BCUT2D eigenvalue weighted by molar-refractivity contribution is 0.0957. The molecule has 1 aromatic heterocycles. The molecule has 2 unspecified atom stereocenters. The first-order valence-corrected chi connectivity index (χ1v) is 7.59. The van der Waals surface area contributed by atoms with Gasteiger partial charge in [0.2, 0.25) is 10.0 Å². The maximum Gasteiger partial charge on any atom is 0.244 e. The summed E-state index contributed by atoms with van der Waals surface area (Å²) < 4.78 is 33.0. The predicted molar refractivity (Wildman–Crippen MR) is 68.0 cm³/mol. The average Bonchev–Trinajstić information content (AvgIpc) is 2.83. The van der Waals surface area contributed by atoms with E-state index in [9.17, 15) is 13.5 Å². The summed E-state index contributed by atoms with van der Waals surface area (Å²) in [6, 6.07) is 0. The van der Waals surface area contributed by atoms with Crippen molar-refractivity contribution in [3.8, 4) is 0 Å². The molecule has 7 nitrogen and oxygen atoms in total. The van der Waals surface area contributed by atoms with Crippen molar-refractivity contribution in [2.24, 2.45) is 0 Å². The number of hydrogen-bond donors (Lipinski definition) is 3. The molecule has 2 rings (SSSR count). The normalized spacial score (nSPS) is 27.9. The lowest BCUT2D eigenvalue weighted by atomic mass is 9.97. The second kappa shape index (κ2) is 4.86. The molecule has 2 heterocycles. The highest BCUT2D eigenvalue weighted by Gasteiger charge is 2.41. The summed E-state index contributed by atoms with van der Waals surface area (Å²) in [4.78, 5) is 0.0234. The molecule has 0 spiro atoms. The summed E-state index contributed by atoms with van der Waals surface area (Å²) in [6.07, 6.45) is 0.408. The molecule has 1 aliphatic heterocycles. The summed E-state index contributed by atoms with van der Waals surface area (Å²) >= 11 is 0. The van der Waals surface area contributed by atoms with E-state index in [1.54, 1.807) is 6.92 Å². The van der Waals surface area contributed by atoms with E-state index in [4.69, 9.17) is 4.74 Å². The maximum absolute atomic E-state index is 12.5. The zero-order valence-corrected chi connectivity index (χ0v) is 12.0. The Balaban J connectivity index is 2.35. The van der Waals surface area contributed by atoms with Gasteiger partial charge < -0.3 is 9.84 Å². The van der Waals surface area contributed by atoms with Crippen molar-refractivity contribution in [2.75, 3.05) is 6.61 Å². The quantitative estimate of drug-likeness (QED) is 0.727. The first-order valence-electron chi connectivity index (χ1n) is 6.10. The number of aliphatic hydroxyl groups excluding tert-OH is 1. The molecule has 1 aliphatic rings. The Kier molecular flexibility index (Phi) is 3.69. The topological polar surface area (TPSA) is 104 Å². The molecule has 0 aromatic carbocycles. The van der Waals surface area contributed by atoms with Crippen LogP contribution in [0.15, 0.2) is 4.90 Å². The molecular weight excluding hydrogens is 270 g/mol. The van der Waals surface area contributed by atoms with Crippen LogP contribution in [0.2, 0.25) is 0 Å². The minimum absolute atomic E-state index is 0.0234. The second-order valence-electron chi connectivity index (χ2n) is 5.07. The number of aliphatic hydroxyl groups is 1. The van der Waals surface area contributed by atoms with E-state index < -0.39 is 22.2 Å². The minimum Gasteiger partial charge on any atom is -0.390 e. The fourth-order valence-electron chi connectivity index (χ4n) is 2.26. The Morgan fingerprint density at radius 3 is 2.84 bits per heavy atom. The number of nitrogens with zero attached hydrogens (tertiary/aromatic N) is 1. The molecule has 1 fully saturated rings.